The van der Waals surface area contributed by atoms with E-state index >= 15 is 0 Å². The van der Waals surface area contributed by atoms with E-state index < -0.39 is 0 Å². The molecule has 2 heterocycles. The second kappa shape index (κ2) is 5.66. The van der Waals surface area contributed by atoms with Crippen molar-refractivity contribution >= 4 is 34.4 Å². The Labute approximate surface area is 121 Å². The molecule has 20 heavy (non-hydrogen) atoms. The maximum atomic E-state index is 12.0. The third kappa shape index (κ3) is 2.70. The van der Waals surface area contributed by atoms with Gasteiger partial charge < -0.3 is 4.57 Å². The maximum Gasteiger partial charge on any atom is 0.260 e. The van der Waals surface area contributed by atoms with Crippen molar-refractivity contribution in [3.05, 3.63) is 30.1 Å². The molecule has 2 aromatic rings. The third-order valence-electron chi connectivity index (χ3n) is 3.29. The lowest BCUT2D eigenvalue weighted by atomic mass is 10.3. The van der Waals surface area contributed by atoms with Gasteiger partial charge in [0.05, 0.1) is 11.0 Å². The molecule has 6 heteroatoms. The lowest BCUT2D eigenvalue weighted by Gasteiger charge is -2.05. The predicted molar refractivity (Wildman–Crippen MR) is 82.0 cm³/mol. The Bertz CT molecular complexity index is 669. The van der Waals surface area contributed by atoms with Crippen LogP contribution in [0, 0.1) is 6.92 Å². The molecule has 1 fully saturated rings. The number of para-hydroxylation sites is 2. The quantitative estimate of drug-likeness (QED) is 0.878. The average molecular weight is 288 g/mol. The van der Waals surface area contributed by atoms with Crippen LogP contribution >= 0.6 is 11.8 Å². The Balaban J connectivity index is 1.74. The highest BCUT2D eigenvalue weighted by Crippen LogP contribution is 2.15. The van der Waals surface area contributed by atoms with E-state index in [1.807, 2.05) is 47.5 Å². The molecule has 1 aliphatic heterocycles. The Hall–Kier alpha value is -1.82. The summed E-state index contributed by atoms with van der Waals surface area (Å²) < 4.78 is 1.91. The molecule has 1 saturated heterocycles. The molecule has 0 unspecified atom stereocenters. The normalized spacial score (nSPS) is 16.9. The van der Waals surface area contributed by atoms with Crippen molar-refractivity contribution in [1.29, 1.82) is 0 Å². The zero-order valence-corrected chi connectivity index (χ0v) is 12.1. The van der Waals surface area contributed by atoms with Gasteiger partial charge in [0, 0.05) is 11.5 Å². The number of aryl methyl sites for hydroxylation is 1. The molecule has 104 valence electrons. The van der Waals surface area contributed by atoms with Crippen molar-refractivity contribution in [3.8, 4) is 0 Å². The third-order valence-corrected chi connectivity index (χ3v) is 4.32. The molecule has 1 N–H and O–H groups in total. The number of nitrogens with zero attached hydrogens (tertiary/aromatic N) is 3. The lowest BCUT2D eigenvalue weighted by Crippen LogP contribution is -2.25. The van der Waals surface area contributed by atoms with Crippen LogP contribution < -0.4 is 5.43 Å². The van der Waals surface area contributed by atoms with Gasteiger partial charge in [0.1, 0.15) is 12.4 Å². The van der Waals surface area contributed by atoms with Crippen LogP contribution in [0.1, 0.15) is 12.2 Å². The zero-order valence-electron chi connectivity index (χ0n) is 11.3. The summed E-state index contributed by atoms with van der Waals surface area (Å²) in [6, 6.07) is 7.82. The Kier molecular flexibility index (Phi) is 3.73. The number of amides is 1. The molecule has 0 saturated carbocycles. The first-order chi connectivity index (χ1) is 9.74. The molecule has 1 aromatic heterocycles. The number of hydrogen-bond acceptors (Lipinski definition) is 4. The highest BCUT2D eigenvalue weighted by Gasteiger charge is 2.12. The van der Waals surface area contributed by atoms with E-state index in [2.05, 4.69) is 15.5 Å². The number of rotatable bonds is 3. The Morgan fingerprint density at radius 2 is 2.35 bits per heavy atom. The highest BCUT2D eigenvalue weighted by molar-refractivity contribution is 8.00. The molecule has 5 nitrogen and oxygen atoms in total. The molecule has 1 amide bonds. The van der Waals surface area contributed by atoms with Gasteiger partial charge in [-0.05, 0) is 31.2 Å². The first-order valence-corrected chi connectivity index (χ1v) is 7.73. The van der Waals surface area contributed by atoms with E-state index in [0.29, 0.717) is 0 Å². The summed E-state index contributed by atoms with van der Waals surface area (Å²) in [6.45, 7) is 2.16. The number of hydrazone groups is 1. The van der Waals surface area contributed by atoms with Crippen LogP contribution in [0.15, 0.2) is 29.4 Å². The van der Waals surface area contributed by atoms with Gasteiger partial charge in [0.2, 0.25) is 0 Å². The minimum absolute atomic E-state index is 0.111. The second-order valence-electron chi connectivity index (χ2n) is 4.75. The molecule has 0 atom stereocenters. The second-order valence-corrected chi connectivity index (χ2v) is 5.85. The molecule has 3 rings (SSSR count). The van der Waals surface area contributed by atoms with E-state index in [0.717, 1.165) is 40.5 Å². The summed E-state index contributed by atoms with van der Waals surface area (Å²) >= 11 is 1.85. The minimum Gasteiger partial charge on any atom is -0.319 e. The summed E-state index contributed by atoms with van der Waals surface area (Å²) in [5.41, 5.74) is 5.60. The molecule has 1 aromatic carbocycles. The van der Waals surface area contributed by atoms with Crippen molar-refractivity contribution in [1.82, 2.24) is 15.0 Å². The molecule has 0 spiro atoms. The van der Waals surface area contributed by atoms with Crippen molar-refractivity contribution in [2.24, 2.45) is 5.10 Å². The van der Waals surface area contributed by atoms with Gasteiger partial charge in [-0.3, -0.25) is 4.79 Å². The number of aromatic nitrogens is 2. The number of nitrogens with one attached hydrogen (secondary N) is 1. The Morgan fingerprint density at radius 3 is 3.15 bits per heavy atom. The SMILES string of the molecule is Cc1nc2ccccc2n1CC(=O)N/N=C1/CCSC1. The van der Waals surface area contributed by atoms with Gasteiger partial charge in [-0.15, -0.1) is 0 Å². The average Bonchev–Trinajstić information content (AvgIpc) is 3.06. The Morgan fingerprint density at radius 1 is 1.50 bits per heavy atom. The predicted octanol–water partition coefficient (Wildman–Crippen LogP) is 1.95. The fourth-order valence-corrected chi connectivity index (χ4v) is 3.23. The topological polar surface area (TPSA) is 59.3 Å². The van der Waals surface area contributed by atoms with Crippen LogP contribution in [0.3, 0.4) is 0 Å². The number of hydrogen-bond donors (Lipinski definition) is 1. The van der Waals surface area contributed by atoms with Gasteiger partial charge in [-0.25, -0.2) is 10.4 Å². The van der Waals surface area contributed by atoms with E-state index in [9.17, 15) is 4.79 Å². The number of carbonyl (C=O) groups is 1. The van der Waals surface area contributed by atoms with E-state index in [4.69, 9.17) is 0 Å². The van der Waals surface area contributed by atoms with Crippen LogP contribution in [0.5, 0.6) is 0 Å². The van der Waals surface area contributed by atoms with E-state index in [1.165, 1.54) is 0 Å². The van der Waals surface area contributed by atoms with Gasteiger partial charge in [0.15, 0.2) is 0 Å². The lowest BCUT2D eigenvalue weighted by molar-refractivity contribution is -0.121. The summed E-state index contributed by atoms with van der Waals surface area (Å²) in [6.07, 6.45) is 0.970. The maximum absolute atomic E-state index is 12.0. The van der Waals surface area contributed by atoms with Crippen LogP contribution in [-0.2, 0) is 11.3 Å². The molecule has 1 aliphatic rings. The van der Waals surface area contributed by atoms with Crippen LogP contribution in [0.4, 0.5) is 0 Å². The summed E-state index contributed by atoms with van der Waals surface area (Å²) in [5.74, 6) is 2.75. The van der Waals surface area contributed by atoms with Crippen molar-refractivity contribution in [2.45, 2.75) is 19.9 Å². The summed E-state index contributed by atoms with van der Waals surface area (Å²) in [5, 5.41) is 4.18. The molecular weight excluding hydrogens is 272 g/mol. The summed E-state index contributed by atoms with van der Waals surface area (Å²) in [7, 11) is 0. The number of carbonyl (C=O) groups excluding carboxylic acids is 1. The molecule has 0 bridgehead atoms. The summed E-state index contributed by atoms with van der Waals surface area (Å²) in [4.78, 5) is 16.4. The van der Waals surface area contributed by atoms with Crippen LogP contribution in [0.25, 0.3) is 11.0 Å². The van der Waals surface area contributed by atoms with Crippen LogP contribution in [0.2, 0.25) is 0 Å². The van der Waals surface area contributed by atoms with Crippen molar-refractivity contribution in [3.63, 3.8) is 0 Å². The zero-order chi connectivity index (χ0) is 13.9. The number of thioether (sulfide) groups is 1. The fraction of sp³-hybridized carbons (Fsp3) is 0.357. The molecular formula is C14H16N4OS. The first kappa shape index (κ1) is 13.2. The van der Waals surface area contributed by atoms with Crippen molar-refractivity contribution < 1.29 is 4.79 Å². The number of benzene rings is 1. The standard InChI is InChI=1S/C14H16N4OS/c1-10-15-12-4-2-3-5-13(12)18(10)8-14(19)17-16-11-6-7-20-9-11/h2-5H,6-9H2,1H3,(H,17,19)/b16-11-. The monoisotopic (exact) mass is 288 g/mol. The fourth-order valence-electron chi connectivity index (χ4n) is 2.26. The smallest absolute Gasteiger partial charge is 0.260 e. The van der Waals surface area contributed by atoms with Gasteiger partial charge >= 0.3 is 0 Å². The number of imidazole rings is 1. The molecule has 0 aliphatic carbocycles. The van der Waals surface area contributed by atoms with Gasteiger partial charge in [-0.2, -0.15) is 16.9 Å². The minimum atomic E-state index is -0.111. The van der Waals surface area contributed by atoms with E-state index in [-0.39, 0.29) is 12.5 Å². The van der Waals surface area contributed by atoms with Gasteiger partial charge in [0.25, 0.3) is 5.91 Å². The number of fused-ring (bicyclic) bond motifs is 1. The van der Waals surface area contributed by atoms with Crippen LogP contribution in [-0.4, -0.2) is 32.7 Å². The largest absolute Gasteiger partial charge is 0.319 e. The van der Waals surface area contributed by atoms with Gasteiger partial charge in [-0.1, -0.05) is 12.1 Å². The highest BCUT2D eigenvalue weighted by atomic mass is 32.2. The van der Waals surface area contributed by atoms with Crippen molar-refractivity contribution in [2.75, 3.05) is 11.5 Å². The first-order valence-electron chi connectivity index (χ1n) is 6.58. The molecule has 0 radical (unpaired) electrons. The van der Waals surface area contributed by atoms with E-state index in [1.54, 1.807) is 0 Å².